The van der Waals surface area contributed by atoms with Gasteiger partial charge < -0.3 is 15.4 Å². The smallest absolute Gasteiger partial charge is 0.325 e. The molecule has 0 saturated heterocycles. The van der Waals surface area contributed by atoms with Gasteiger partial charge in [-0.05, 0) is 26.2 Å². The average molecular weight is 283 g/mol. The Kier molecular flexibility index (Phi) is 8.27. The van der Waals surface area contributed by atoms with Gasteiger partial charge in [0.2, 0.25) is 11.8 Å². The van der Waals surface area contributed by atoms with Crippen molar-refractivity contribution in [1.29, 1.82) is 0 Å². The lowest BCUT2D eigenvalue weighted by Gasteiger charge is -2.20. The van der Waals surface area contributed by atoms with Gasteiger partial charge >= 0.3 is 5.97 Å². The van der Waals surface area contributed by atoms with E-state index in [-0.39, 0.29) is 24.6 Å². The Morgan fingerprint density at radius 1 is 1.25 bits per heavy atom. The highest BCUT2D eigenvalue weighted by atomic mass is 16.5. The van der Waals surface area contributed by atoms with Gasteiger partial charge in [-0.1, -0.05) is 20.4 Å². The van der Waals surface area contributed by atoms with E-state index in [9.17, 15) is 14.4 Å². The van der Waals surface area contributed by atoms with E-state index < -0.39 is 23.8 Å². The maximum Gasteiger partial charge on any atom is 0.325 e. The molecule has 0 rings (SSSR count). The lowest BCUT2D eigenvalue weighted by Crippen LogP contribution is -2.48. The zero-order valence-corrected chi connectivity index (χ0v) is 12.3. The largest absolute Gasteiger partial charge is 0.465 e. The highest BCUT2D eigenvalue weighted by molar-refractivity contribution is 5.97. The monoisotopic (exact) mass is 283 g/mol. The Bertz CT molecular complexity index is 377. The first-order valence-corrected chi connectivity index (χ1v) is 6.53. The molecular formula is C14H23N2O4. The topological polar surface area (TPSA) is 84.5 Å². The number of hydrogen-bond donors (Lipinski definition) is 2. The van der Waals surface area contributed by atoms with Gasteiger partial charge in [0.05, 0.1) is 6.61 Å². The van der Waals surface area contributed by atoms with Gasteiger partial charge in [0.1, 0.15) is 12.6 Å². The van der Waals surface area contributed by atoms with Gasteiger partial charge in [-0.2, -0.15) is 0 Å². The summed E-state index contributed by atoms with van der Waals surface area (Å²) >= 11 is 0. The predicted molar refractivity (Wildman–Crippen MR) is 75.5 cm³/mol. The Morgan fingerprint density at radius 2 is 1.85 bits per heavy atom. The molecule has 0 aromatic heterocycles. The van der Waals surface area contributed by atoms with Crippen molar-refractivity contribution >= 4 is 17.8 Å². The van der Waals surface area contributed by atoms with Gasteiger partial charge in [-0.25, -0.2) is 0 Å². The Hall–Kier alpha value is -1.85. The number of amides is 2. The molecule has 0 bridgehead atoms. The van der Waals surface area contributed by atoms with Crippen molar-refractivity contribution < 1.29 is 19.1 Å². The van der Waals surface area contributed by atoms with Crippen LogP contribution < -0.4 is 10.6 Å². The summed E-state index contributed by atoms with van der Waals surface area (Å²) in [7, 11) is 0. The summed E-state index contributed by atoms with van der Waals surface area (Å²) in [5.41, 5.74) is 0.0805. The first kappa shape index (κ1) is 18.1. The second kappa shape index (κ2) is 9.12. The van der Waals surface area contributed by atoms with Crippen LogP contribution in [0.5, 0.6) is 0 Å². The molecule has 0 spiro atoms. The molecule has 6 nitrogen and oxygen atoms in total. The van der Waals surface area contributed by atoms with E-state index in [1.54, 1.807) is 6.92 Å². The summed E-state index contributed by atoms with van der Waals surface area (Å²) in [6.07, 6.45) is 0.452. The van der Waals surface area contributed by atoms with Crippen LogP contribution in [-0.2, 0) is 19.1 Å². The molecule has 20 heavy (non-hydrogen) atoms. The molecule has 0 aliphatic carbocycles. The van der Waals surface area contributed by atoms with E-state index in [2.05, 4.69) is 24.1 Å². The SMILES string of the molecule is [CH2]C(=C)C(=O)NC(CC(C)C)C(=O)NCC(=O)OCC. The zero-order chi connectivity index (χ0) is 15.7. The Balaban J connectivity index is 4.52. The number of rotatable bonds is 8. The third kappa shape index (κ3) is 7.56. The number of nitrogens with one attached hydrogen (secondary N) is 2. The van der Waals surface area contributed by atoms with Crippen molar-refractivity contribution in [2.24, 2.45) is 5.92 Å². The molecule has 0 aromatic rings. The third-order valence-electron chi connectivity index (χ3n) is 2.36. The standard InChI is InChI=1S/C14H23N2O4/c1-6-20-12(17)8-15-14(19)11(7-9(2)3)16-13(18)10(4)5/h9,11H,4-8H2,1-3H3,(H,15,19)(H,16,18). The highest BCUT2D eigenvalue weighted by Crippen LogP contribution is 2.05. The number of carbonyl (C=O) groups is 3. The maximum absolute atomic E-state index is 12.0. The lowest BCUT2D eigenvalue weighted by molar-refractivity contribution is -0.143. The van der Waals surface area contributed by atoms with Crippen LogP contribution in [0.4, 0.5) is 0 Å². The van der Waals surface area contributed by atoms with Crippen LogP contribution in [0.15, 0.2) is 12.2 Å². The summed E-state index contributed by atoms with van der Waals surface area (Å²) in [4.78, 5) is 34.7. The lowest BCUT2D eigenvalue weighted by atomic mass is 10.0. The third-order valence-corrected chi connectivity index (χ3v) is 2.36. The van der Waals surface area contributed by atoms with Crippen LogP contribution in [0.1, 0.15) is 27.2 Å². The second-order valence-electron chi connectivity index (χ2n) is 4.78. The van der Waals surface area contributed by atoms with Crippen molar-refractivity contribution in [1.82, 2.24) is 10.6 Å². The van der Waals surface area contributed by atoms with Gasteiger partial charge in [0.15, 0.2) is 0 Å². The van der Waals surface area contributed by atoms with Crippen LogP contribution >= 0.6 is 0 Å². The van der Waals surface area contributed by atoms with E-state index in [1.807, 2.05) is 13.8 Å². The number of hydrogen-bond acceptors (Lipinski definition) is 4. The molecule has 2 N–H and O–H groups in total. The molecule has 0 aromatic carbocycles. The van der Waals surface area contributed by atoms with E-state index in [1.165, 1.54) is 0 Å². The average Bonchev–Trinajstić information content (AvgIpc) is 2.34. The van der Waals surface area contributed by atoms with Crippen LogP contribution in [-0.4, -0.2) is 37.0 Å². The summed E-state index contributed by atoms with van der Waals surface area (Å²) in [5, 5.41) is 4.98. The maximum atomic E-state index is 12.0. The first-order valence-electron chi connectivity index (χ1n) is 6.53. The van der Waals surface area contributed by atoms with Crippen molar-refractivity contribution in [2.45, 2.75) is 33.2 Å². The summed E-state index contributed by atoms with van der Waals surface area (Å²) in [6.45, 7) is 12.4. The van der Waals surface area contributed by atoms with Gasteiger partial charge in [-0.3, -0.25) is 14.4 Å². The molecule has 0 saturated carbocycles. The van der Waals surface area contributed by atoms with Crippen molar-refractivity contribution in [3.8, 4) is 0 Å². The summed E-state index contributed by atoms with van der Waals surface area (Å²) in [5.74, 6) is -1.23. The van der Waals surface area contributed by atoms with E-state index in [0.29, 0.717) is 6.42 Å². The molecule has 113 valence electrons. The highest BCUT2D eigenvalue weighted by Gasteiger charge is 2.22. The molecule has 0 heterocycles. The van der Waals surface area contributed by atoms with Gasteiger partial charge in [0, 0.05) is 5.57 Å². The molecule has 1 atom stereocenters. The molecule has 0 aliphatic heterocycles. The summed E-state index contributed by atoms with van der Waals surface area (Å²) in [6, 6.07) is -0.726. The van der Waals surface area contributed by atoms with E-state index in [4.69, 9.17) is 4.74 Å². The molecule has 2 amide bonds. The van der Waals surface area contributed by atoms with Crippen LogP contribution in [0, 0.1) is 12.8 Å². The fraction of sp³-hybridized carbons (Fsp3) is 0.571. The normalized spacial score (nSPS) is 11.7. The molecule has 1 unspecified atom stereocenters. The number of esters is 1. The first-order chi connectivity index (χ1) is 9.27. The minimum absolute atomic E-state index is 0.0805. The molecule has 0 aliphatic rings. The fourth-order valence-electron chi connectivity index (χ4n) is 1.46. The van der Waals surface area contributed by atoms with Crippen LogP contribution in [0.3, 0.4) is 0 Å². The second-order valence-corrected chi connectivity index (χ2v) is 4.78. The van der Waals surface area contributed by atoms with Crippen LogP contribution in [0.25, 0.3) is 0 Å². The zero-order valence-electron chi connectivity index (χ0n) is 12.3. The van der Waals surface area contributed by atoms with Gasteiger partial charge in [-0.15, -0.1) is 0 Å². The summed E-state index contributed by atoms with van der Waals surface area (Å²) < 4.78 is 4.71. The molecule has 6 heteroatoms. The van der Waals surface area contributed by atoms with E-state index >= 15 is 0 Å². The molecular weight excluding hydrogens is 260 g/mol. The number of carbonyl (C=O) groups excluding carboxylic acids is 3. The van der Waals surface area contributed by atoms with Crippen molar-refractivity contribution in [3.05, 3.63) is 19.1 Å². The molecule has 0 fully saturated rings. The Labute approximate surface area is 119 Å². The van der Waals surface area contributed by atoms with E-state index in [0.717, 1.165) is 0 Å². The van der Waals surface area contributed by atoms with Crippen molar-refractivity contribution in [2.75, 3.05) is 13.2 Å². The van der Waals surface area contributed by atoms with Crippen LogP contribution in [0.2, 0.25) is 0 Å². The fourth-order valence-corrected chi connectivity index (χ4v) is 1.46. The van der Waals surface area contributed by atoms with Crippen molar-refractivity contribution in [3.63, 3.8) is 0 Å². The predicted octanol–water partition coefficient (Wildman–Crippen LogP) is 0.587. The quantitative estimate of drug-likeness (QED) is 0.504. The minimum Gasteiger partial charge on any atom is -0.465 e. The van der Waals surface area contributed by atoms with Gasteiger partial charge in [0.25, 0.3) is 0 Å². The Morgan fingerprint density at radius 3 is 2.30 bits per heavy atom. The minimum atomic E-state index is -0.726. The molecule has 1 radical (unpaired) electrons. The number of ether oxygens (including phenoxy) is 1.